The zero-order valence-corrected chi connectivity index (χ0v) is 15.9. The molecule has 1 fully saturated rings. The smallest absolute Gasteiger partial charge is 0.550 e. The van der Waals surface area contributed by atoms with Crippen LogP contribution in [0, 0.1) is 12.8 Å². The van der Waals surface area contributed by atoms with Crippen LogP contribution in [0.1, 0.15) is 51.4 Å². The first kappa shape index (κ1) is 20.5. The molecule has 0 atom stereocenters. The van der Waals surface area contributed by atoms with Gasteiger partial charge in [0, 0.05) is 24.2 Å². The topological polar surface area (TPSA) is 95.8 Å². The molecule has 8 heteroatoms. The molecule has 1 aliphatic rings. The molecule has 1 N–H and O–H groups in total. The molecule has 2 aromatic rings. The first-order chi connectivity index (χ1) is 12.0. The molecule has 3 rings (SSSR count). The van der Waals surface area contributed by atoms with Gasteiger partial charge in [-0.15, -0.1) is 0 Å². The Hall–Kier alpha value is -1.84. The minimum atomic E-state index is -0.936. The van der Waals surface area contributed by atoms with E-state index in [1.54, 1.807) is 6.20 Å². The second-order valence-electron chi connectivity index (χ2n) is 6.93. The van der Waals surface area contributed by atoms with E-state index in [9.17, 15) is 9.90 Å². The van der Waals surface area contributed by atoms with Crippen LogP contribution >= 0.6 is 0 Å². The summed E-state index contributed by atoms with van der Waals surface area (Å²) in [6, 6.07) is 2.37. The van der Waals surface area contributed by atoms with Gasteiger partial charge in [0.2, 0.25) is 5.95 Å². The average Bonchev–Trinajstić information content (AvgIpc) is 2.97. The van der Waals surface area contributed by atoms with Crippen molar-refractivity contribution in [1.29, 1.82) is 0 Å². The minimum absolute atomic E-state index is 0. The number of carboxylic acid groups (broad SMARTS) is 1. The summed E-state index contributed by atoms with van der Waals surface area (Å²) in [6.45, 7) is 6.22. The van der Waals surface area contributed by atoms with Gasteiger partial charge in [0.1, 0.15) is 5.82 Å². The first-order valence-electron chi connectivity index (χ1n) is 8.80. The van der Waals surface area contributed by atoms with Gasteiger partial charge in [0.25, 0.3) is 0 Å². The van der Waals surface area contributed by atoms with E-state index in [-0.39, 0.29) is 30.8 Å². The molecule has 1 aliphatic carbocycles. The summed E-state index contributed by atoms with van der Waals surface area (Å²) in [6.07, 6.45) is 6.43. The number of carbonyl (C=O) groups is 1. The van der Waals surface area contributed by atoms with Gasteiger partial charge in [-0.05, 0) is 58.4 Å². The Labute approximate surface area is 165 Å². The quantitative estimate of drug-likeness (QED) is 0.693. The summed E-state index contributed by atoms with van der Waals surface area (Å²) in [4.78, 5) is 24.3. The van der Waals surface area contributed by atoms with E-state index in [1.807, 2.05) is 19.2 Å². The van der Waals surface area contributed by atoms with Gasteiger partial charge >= 0.3 is 18.9 Å². The predicted molar refractivity (Wildman–Crippen MR) is 92.8 cm³/mol. The fourth-order valence-electron chi connectivity index (χ4n) is 3.52. The van der Waals surface area contributed by atoms with Crippen molar-refractivity contribution in [2.45, 2.75) is 58.5 Å². The van der Waals surface area contributed by atoms with Gasteiger partial charge in [-0.1, -0.05) is 0 Å². The zero-order chi connectivity index (χ0) is 18.0. The van der Waals surface area contributed by atoms with E-state index < -0.39 is 5.97 Å². The molecule has 26 heavy (non-hydrogen) atoms. The monoisotopic (exact) mass is 349 g/mol. The fourth-order valence-corrected chi connectivity index (χ4v) is 3.52. The summed E-state index contributed by atoms with van der Waals surface area (Å²) in [7, 11) is 0. The molecule has 2 heterocycles. The number of imidazole rings is 1. The second-order valence-corrected chi connectivity index (χ2v) is 6.93. The molecule has 134 valence electrons. The van der Waals surface area contributed by atoms with Crippen molar-refractivity contribution >= 4 is 11.9 Å². The number of hydrogen-bond acceptors (Lipinski definition) is 6. The van der Waals surface area contributed by atoms with E-state index in [0.29, 0.717) is 24.8 Å². The maximum atomic E-state index is 10.9. The van der Waals surface area contributed by atoms with Crippen LogP contribution in [-0.4, -0.2) is 31.5 Å². The van der Waals surface area contributed by atoms with Crippen LogP contribution in [0.5, 0.6) is 0 Å². The standard InChI is InChI=1S/C18H25N5O2.Li/c1-11(2)23-12(3)20-10-16(23)15-8-9-19-18(22-15)21-14-6-4-13(5-7-14)17(24)25;/h8-11,13-14H,4-7H2,1-3H3,(H,24,25)(H,19,21,22);/q;+1/p-1. The summed E-state index contributed by atoms with van der Waals surface area (Å²) in [5.74, 6) is 0.268. The molecule has 0 amide bonds. The van der Waals surface area contributed by atoms with Gasteiger partial charge in [-0.2, -0.15) is 0 Å². The number of carbonyl (C=O) groups excluding carboxylic acids is 1. The Balaban J connectivity index is 0.00000243. The van der Waals surface area contributed by atoms with Crippen LogP contribution in [0.15, 0.2) is 18.5 Å². The molecular formula is C18H24LiN5O2. The Morgan fingerprint density at radius 3 is 2.58 bits per heavy atom. The van der Waals surface area contributed by atoms with Crippen molar-refractivity contribution in [3.63, 3.8) is 0 Å². The Kier molecular flexibility index (Phi) is 6.85. The Morgan fingerprint density at radius 2 is 1.96 bits per heavy atom. The van der Waals surface area contributed by atoms with Crippen LogP contribution in [0.4, 0.5) is 5.95 Å². The Bertz CT molecular complexity index is 754. The van der Waals surface area contributed by atoms with Gasteiger partial charge in [-0.25, -0.2) is 15.0 Å². The molecule has 0 aromatic carbocycles. The van der Waals surface area contributed by atoms with Crippen molar-refractivity contribution in [3.05, 3.63) is 24.3 Å². The molecule has 0 unspecified atom stereocenters. The molecule has 0 saturated heterocycles. The Morgan fingerprint density at radius 1 is 1.27 bits per heavy atom. The maximum Gasteiger partial charge on any atom is 1.00 e. The molecule has 2 aromatic heterocycles. The van der Waals surface area contributed by atoms with E-state index >= 15 is 0 Å². The van der Waals surface area contributed by atoms with E-state index in [0.717, 1.165) is 30.1 Å². The number of aromatic nitrogens is 4. The van der Waals surface area contributed by atoms with Gasteiger partial charge in [-0.3, -0.25) is 0 Å². The molecule has 7 nitrogen and oxygen atoms in total. The van der Waals surface area contributed by atoms with Crippen LogP contribution in [0.25, 0.3) is 11.4 Å². The van der Waals surface area contributed by atoms with Crippen molar-refractivity contribution in [2.75, 3.05) is 5.32 Å². The number of anilines is 1. The number of hydrogen-bond donors (Lipinski definition) is 1. The number of aliphatic carboxylic acids is 1. The number of rotatable bonds is 5. The van der Waals surface area contributed by atoms with Crippen LogP contribution in [-0.2, 0) is 4.79 Å². The molecule has 0 bridgehead atoms. The third-order valence-electron chi connectivity index (χ3n) is 4.81. The van der Waals surface area contributed by atoms with Crippen molar-refractivity contribution in [1.82, 2.24) is 19.5 Å². The van der Waals surface area contributed by atoms with Crippen molar-refractivity contribution in [2.24, 2.45) is 5.92 Å². The molecular weight excluding hydrogens is 325 g/mol. The van der Waals surface area contributed by atoms with Crippen LogP contribution in [0.3, 0.4) is 0 Å². The summed E-state index contributed by atoms with van der Waals surface area (Å²) >= 11 is 0. The third-order valence-corrected chi connectivity index (χ3v) is 4.81. The van der Waals surface area contributed by atoms with E-state index in [2.05, 4.69) is 38.7 Å². The average molecular weight is 349 g/mol. The summed E-state index contributed by atoms with van der Waals surface area (Å²) < 4.78 is 2.15. The number of carboxylic acids is 1. The van der Waals surface area contributed by atoms with E-state index in [1.165, 1.54) is 0 Å². The second kappa shape index (κ2) is 8.70. The summed E-state index contributed by atoms with van der Waals surface area (Å²) in [5.41, 5.74) is 1.80. The maximum absolute atomic E-state index is 10.9. The minimum Gasteiger partial charge on any atom is -0.550 e. The molecule has 0 spiro atoms. The van der Waals surface area contributed by atoms with Gasteiger partial charge < -0.3 is 19.8 Å². The van der Waals surface area contributed by atoms with Gasteiger partial charge in [0.05, 0.1) is 17.6 Å². The summed E-state index contributed by atoms with van der Waals surface area (Å²) in [5, 5.41) is 14.3. The first-order valence-corrected chi connectivity index (χ1v) is 8.80. The van der Waals surface area contributed by atoms with Crippen molar-refractivity contribution < 1.29 is 28.8 Å². The fraction of sp³-hybridized carbons (Fsp3) is 0.556. The van der Waals surface area contributed by atoms with Crippen LogP contribution < -0.4 is 29.3 Å². The molecule has 0 aliphatic heterocycles. The largest absolute Gasteiger partial charge is 1.00 e. The van der Waals surface area contributed by atoms with Gasteiger partial charge in [0.15, 0.2) is 0 Å². The molecule has 0 radical (unpaired) electrons. The third kappa shape index (κ3) is 4.46. The number of aryl methyl sites for hydroxylation is 1. The number of nitrogens with zero attached hydrogens (tertiary/aromatic N) is 4. The van der Waals surface area contributed by atoms with Crippen molar-refractivity contribution in [3.8, 4) is 11.4 Å². The predicted octanol–water partition coefficient (Wildman–Crippen LogP) is -1.05. The van der Waals surface area contributed by atoms with E-state index in [4.69, 9.17) is 0 Å². The molecule has 1 saturated carbocycles. The normalized spacial score (nSPS) is 19.8. The zero-order valence-electron chi connectivity index (χ0n) is 15.9. The van der Waals surface area contributed by atoms with Crippen LogP contribution in [0.2, 0.25) is 0 Å². The SMILES string of the molecule is Cc1ncc(-c2ccnc(NC3CCC(C(=O)[O-])CC3)n2)n1C(C)C.[Li+]. The number of nitrogens with one attached hydrogen (secondary N) is 1.